The molecular formula is C21H21N3O4. The topological polar surface area (TPSA) is 73.5 Å². The summed E-state index contributed by atoms with van der Waals surface area (Å²) in [6, 6.07) is 14.7. The number of amides is 1. The van der Waals surface area contributed by atoms with Gasteiger partial charge in [0.15, 0.2) is 0 Å². The minimum absolute atomic E-state index is 0.0479. The number of carbonyl (C=O) groups is 1. The second-order valence-electron chi connectivity index (χ2n) is 6.51. The van der Waals surface area contributed by atoms with Gasteiger partial charge in [0.2, 0.25) is 5.91 Å². The maximum Gasteiger partial charge on any atom is 0.329 e. The summed E-state index contributed by atoms with van der Waals surface area (Å²) in [5.41, 5.74) is 1.39. The van der Waals surface area contributed by atoms with Gasteiger partial charge < -0.3 is 13.7 Å². The number of rotatable bonds is 7. The van der Waals surface area contributed by atoms with E-state index in [-0.39, 0.29) is 18.1 Å². The van der Waals surface area contributed by atoms with Gasteiger partial charge in [-0.3, -0.25) is 13.9 Å². The number of furan rings is 2. The molecule has 3 heterocycles. The van der Waals surface area contributed by atoms with E-state index in [0.29, 0.717) is 31.2 Å². The zero-order valence-electron chi connectivity index (χ0n) is 15.6. The first-order valence-corrected chi connectivity index (χ1v) is 9.18. The summed E-state index contributed by atoms with van der Waals surface area (Å²) >= 11 is 0. The number of hydrogen-bond acceptors (Lipinski definition) is 4. The molecule has 0 aliphatic rings. The minimum atomic E-state index is -0.187. The molecule has 1 aromatic carbocycles. The molecule has 4 rings (SSSR count). The number of nitrogens with zero attached hydrogens (tertiary/aromatic N) is 3. The van der Waals surface area contributed by atoms with E-state index in [0.717, 1.165) is 11.0 Å². The van der Waals surface area contributed by atoms with Crippen LogP contribution >= 0.6 is 0 Å². The molecule has 0 spiro atoms. The van der Waals surface area contributed by atoms with Crippen molar-refractivity contribution in [2.75, 3.05) is 0 Å². The molecule has 28 heavy (non-hydrogen) atoms. The number of hydrogen-bond donors (Lipinski definition) is 0. The van der Waals surface area contributed by atoms with Crippen molar-refractivity contribution in [1.29, 1.82) is 0 Å². The average Bonchev–Trinajstić information content (AvgIpc) is 3.44. The molecule has 144 valence electrons. The van der Waals surface area contributed by atoms with E-state index >= 15 is 0 Å². The molecule has 1 amide bonds. The van der Waals surface area contributed by atoms with E-state index in [9.17, 15) is 9.59 Å². The molecule has 7 heteroatoms. The molecule has 0 saturated carbocycles. The largest absolute Gasteiger partial charge is 0.467 e. The fourth-order valence-electron chi connectivity index (χ4n) is 3.38. The third-order valence-electron chi connectivity index (χ3n) is 4.74. The van der Waals surface area contributed by atoms with E-state index in [1.54, 1.807) is 34.1 Å². The summed E-state index contributed by atoms with van der Waals surface area (Å²) in [7, 11) is 0. The number of para-hydroxylation sites is 2. The van der Waals surface area contributed by atoms with Crippen LogP contribution in [-0.2, 0) is 31.0 Å². The molecule has 0 unspecified atom stereocenters. The smallest absolute Gasteiger partial charge is 0.329 e. The van der Waals surface area contributed by atoms with E-state index in [4.69, 9.17) is 8.83 Å². The van der Waals surface area contributed by atoms with Gasteiger partial charge in [-0.1, -0.05) is 12.1 Å². The number of aromatic nitrogens is 2. The van der Waals surface area contributed by atoms with Crippen LogP contribution in [0.3, 0.4) is 0 Å². The molecule has 0 fully saturated rings. The number of fused-ring (bicyclic) bond motifs is 1. The summed E-state index contributed by atoms with van der Waals surface area (Å²) < 4.78 is 14.0. The van der Waals surface area contributed by atoms with Crippen molar-refractivity contribution in [2.24, 2.45) is 0 Å². The van der Waals surface area contributed by atoms with E-state index in [1.165, 1.54) is 4.57 Å². The van der Waals surface area contributed by atoms with Crippen molar-refractivity contribution in [2.45, 2.75) is 33.1 Å². The van der Waals surface area contributed by atoms with Crippen LogP contribution in [0.25, 0.3) is 11.0 Å². The Morgan fingerprint density at radius 1 is 0.893 bits per heavy atom. The van der Waals surface area contributed by atoms with Crippen LogP contribution < -0.4 is 5.69 Å². The Morgan fingerprint density at radius 2 is 1.46 bits per heavy atom. The molecule has 7 nitrogen and oxygen atoms in total. The highest BCUT2D eigenvalue weighted by atomic mass is 16.3. The fourth-order valence-corrected chi connectivity index (χ4v) is 3.38. The van der Waals surface area contributed by atoms with E-state index < -0.39 is 0 Å². The Morgan fingerprint density at radius 3 is 1.96 bits per heavy atom. The van der Waals surface area contributed by atoms with Crippen molar-refractivity contribution in [1.82, 2.24) is 14.0 Å². The Bertz CT molecular complexity index is 1080. The van der Waals surface area contributed by atoms with Crippen LogP contribution in [0.15, 0.2) is 74.7 Å². The van der Waals surface area contributed by atoms with Crippen molar-refractivity contribution >= 4 is 16.9 Å². The Kier molecular flexibility index (Phi) is 4.89. The molecule has 0 atom stereocenters. The molecular weight excluding hydrogens is 358 g/mol. The molecule has 4 aromatic rings. The normalized spacial score (nSPS) is 11.2. The zero-order chi connectivity index (χ0) is 19.5. The molecule has 0 aliphatic heterocycles. The maximum absolute atomic E-state index is 13.1. The van der Waals surface area contributed by atoms with Crippen molar-refractivity contribution < 1.29 is 13.6 Å². The second kappa shape index (κ2) is 7.64. The lowest BCUT2D eigenvalue weighted by Gasteiger charge is -2.21. The SMILES string of the molecule is CCn1c(=O)n(CC(=O)N(Cc2ccco2)Cc2ccco2)c2ccccc21. The number of benzene rings is 1. The van der Waals surface area contributed by atoms with Crippen LogP contribution in [0.1, 0.15) is 18.4 Å². The first kappa shape index (κ1) is 17.9. The van der Waals surface area contributed by atoms with Gasteiger partial charge in [0.1, 0.15) is 18.1 Å². The zero-order valence-corrected chi connectivity index (χ0v) is 15.6. The highest BCUT2D eigenvalue weighted by molar-refractivity contribution is 5.81. The van der Waals surface area contributed by atoms with Crippen molar-refractivity contribution in [3.05, 3.63) is 83.1 Å². The lowest BCUT2D eigenvalue weighted by Crippen LogP contribution is -2.36. The van der Waals surface area contributed by atoms with Crippen LogP contribution in [-0.4, -0.2) is 19.9 Å². The van der Waals surface area contributed by atoms with Gasteiger partial charge in [-0.25, -0.2) is 4.79 Å². The summed E-state index contributed by atoms with van der Waals surface area (Å²) in [4.78, 5) is 27.6. The molecule has 0 N–H and O–H groups in total. The van der Waals surface area contributed by atoms with E-state index in [2.05, 4.69) is 0 Å². The molecule has 3 aromatic heterocycles. The quantitative estimate of drug-likeness (QED) is 0.494. The highest BCUT2D eigenvalue weighted by Crippen LogP contribution is 2.15. The highest BCUT2D eigenvalue weighted by Gasteiger charge is 2.21. The van der Waals surface area contributed by atoms with Crippen LogP contribution in [0.4, 0.5) is 0 Å². The third-order valence-corrected chi connectivity index (χ3v) is 4.74. The van der Waals surface area contributed by atoms with Gasteiger partial charge in [0, 0.05) is 6.54 Å². The summed E-state index contributed by atoms with van der Waals surface area (Å²) in [6.07, 6.45) is 3.15. The summed E-state index contributed by atoms with van der Waals surface area (Å²) in [6.45, 7) is 3.01. The molecule has 0 saturated heterocycles. The van der Waals surface area contributed by atoms with Gasteiger partial charge in [-0.2, -0.15) is 0 Å². The van der Waals surface area contributed by atoms with Gasteiger partial charge in [-0.15, -0.1) is 0 Å². The van der Waals surface area contributed by atoms with Gasteiger partial charge in [-0.05, 0) is 43.3 Å². The lowest BCUT2D eigenvalue weighted by molar-refractivity contribution is -0.133. The second-order valence-corrected chi connectivity index (χ2v) is 6.51. The Balaban J connectivity index is 1.65. The molecule has 0 radical (unpaired) electrons. The average molecular weight is 379 g/mol. The lowest BCUT2D eigenvalue weighted by atomic mass is 10.3. The maximum atomic E-state index is 13.1. The van der Waals surface area contributed by atoms with Crippen LogP contribution in [0, 0.1) is 0 Å². The minimum Gasteiger partial charge on any atom is -0.467 e. The fraction of sp³-hybridized carbons (Fsp3) is 0.238. The summed E-state index contributed by atoms with van der Waals surface area (Å²) in [5.74, 6) is 1.15. The number of carbonyl (C=O) groups excluding carboxylic acids is 1. The van der Waals surface area contributed by atoms with Gasteiger partial charge in [0.05, 0.1) is 36.6 Å². The number of aryl methyl sites for hydroxylation is 1. The molecule has 0 aliphatic carbocycles. The molecule has 0 bridgehead atoms. The summed E-state index contributed by atoms with van der Waals surface area (Å²) in [5, 5.41) is 0. The standard InChI is InChI=1S/C21H21N3O4/c1-2-23-18-9-3-4-10-19(18)24(21(23)26)15-20(25)22(13-16-7-5-11-27-16)14-17-8-6-12-28-17/h3-12H,2,13-15H2,1H3. The van der Waals surface area contributed by atoms with Gasteiger partial charge >= 0.3 is 5.69 Å². The first-order valence-electron chi connectivity index (χ1n) is 9.18. The van der Waals surface area contributed by atoms with Crippen LogP contribution in [0.2, 0.25) is 0 Å². The Labute approximate surface area is 161 Å². The monoisotopic (exact) mass is 379 g/mol. The van der Waals surface area contributed by atoms with Crippen molar-refractivity contribution in [3.63, 3.8) is 0 Å². The third kappa shape index (κ3) is 3.38. The number of imidazole rings is 1. The Hall–Kier alpha value is -3.48. The predicted octanol–water partition coefficient (Wildman–Crippen LogP) is 3.24. The van der Waals surface area contributed by atoms with Crippen molar-refractivity contribution in [3.8, 4) is 0 Å². The van der Waals surface area contributed by atoms with Crippen LogP contribution in [0.5, 0.6) is 0 Å². The van der Waals surface area contributed by atoms with Gasteiger partial charge in [0.25, 0.3) is 0 Å². The first-order chi connectivity index (χ1) is 13.7. The predicted molar refractivity (Wildman–Crippen MR) is 104 cm³/mol. The van der Waals surface area contributed by atoms with E-state index in [1.807, 2.05) is 43.3 Å².